The molecule has 2 rings (SSSR count). The summed E-state index contributed by atoms with van der Waals surface area (Å²) in [4.78, 5) is 11.7. The van der Waals surface area contributed by atoms with Crippen LogP contribution in [0.5, 0.6) is 0 Å². The van der Waals surface area contributed by atoms with E-state index in [0.717, 1.165) is 25.2 Å². The molecular weight excluding hydrogens is 258 g/mol. The van der Waals surface area contributed by atoms with Crippen molar-refractivity contribution in [1.82, 2.24) is 5.32 Å². The molecule has 104 valence electrons. The number of ether oxygens (including phenoxy) is 1. The molecule has 3 nitrogen and oxygen atoms in total. The van der Waals surface area contributed by atoms with Crippen LogP contribution in [0.15, 0.2) is 24.3 Å². The Labute approximate surface area is 119 Å². The molecule has 0 radical (unpaired) electrons. The number of hydrogen-bond donors (Lipinski definition) is 1. The summed E-state index contributed by atoms with van der Waals surface area (Å²) in [6.07, 6.45) is 2.41. The summed E-state index contributed by atoms with van der Waals surface area (Å²) < 4.78 is 5.47. The highest BCUT2D eigenvalue weighted by molar-refractivity contribution is 7.99. The van der Waals surface area contributed by atoms with E-state index in [9.17, 15) is 4.79 Å². The normalized spacial score (nSPS) is 18.5. The van der Waals surface area contributed by atoms with E-state index in [1.165, 1.54) is 11.1 Å². The predicted octanol–water partition coefficient (Wildman–Crippen LogP) is 2.52. The van der Waals surface area contributed by atoms with Crippen molar-refractivity contribution >= 4 is 17.7 Å². The molecule has 1 atom stereocenters. The Hall–Kier alpha value is -1.00. The fraction of sp³-hybridized carbons (Fsp3) is 0.533. The van der Waals surface area contributed by atoms with Crippen LogP contribution in [0.2, 0.25) is 0 Å². The molecule has 1 aromatic rings. The summed E-state index contributed by atoms with van der Waals surface area (Å²) in [6, 6.07) is 8.30. The molecule has 0 bridgehead atoms. The lowest BCUT2D eigenvalue weighted by Gasteiger charge is -2.10. The summed E-state index contributed by atoms with van der Waals surface area (Å²) in [5.41, 5.74) is 2.59. The highest BCUT2D eigenvalue weighted by Gasteiger charge is 2.15. The Balaban J connectivity index is 1.62. The van der Waals surface area contributed by atoms with Gasteiger partial charge in [-0.2, -0.15) is 0 Å². The van der Waals surface area contributed by atoms with E-state index in [-0.39, 0.29) is 12.0 Å². The van der Waals surface area contributed by atoms with Crippen molar-refractivity contribution in [3.63, 3.8) is 0 Å². The zero-order valence-corrected chi connectivity index (χ0v) is 12.2. The minimum atomic E-state index is 0.106. The van der Waals surface area contributed by atoms with Gasteiger partial charge in [0.25, 0.3) is 0 Å². The van der Waals surface area contributed by atoms with Gasteiger partial charge in [-0.15, -0.1) is 11.8 Å². The lowest BCUT2D eigenvalue weighted by atomic mass is 10.1. The largest absolute Gasteiger partial charge is 0.376 e. The average molecular weight is 279 g/mol. The fourth-order valence-electron chi connectivity index (χ4n) is 2.11. The fourth-order valence-corrected chi connectivity index (χ4v) is 3.04. The van der Waals surface area contributed by atoms with Crippen LogP contribution in [-0.2, 0) is 15.3 Å². The van der Waals surface area contributed by atoms with Gasteiger partial charge in [0.05, 0.1) is 11.9 Å². The van der Waals surface area contributed by atoms with E-state index in [4.69, 9.17) is 4.74 Å². The third-order valence-corrected chi connectivity index (χ3v) is 4.28. The number of thioether (sulfide) groups is 1. The molecule has 4 heteroatoms. The number of nitrogens with one attached hydrogen (secondary N) is 1. The Morgan fingerprint density at radius 1 is 1.47 bits per heavy atom. The first-order valence-corrected chi connectivity index (χ1v) is 7.92. The van der Waals surface area contributed by atoms with Gasteiger partial charge in [0.2, 0.25) is 5.91 Å². The molecule has 1 N–H and O–H groups in total. The van der Waals surface area contributed by atoms with Crippen molar-refractivity contribution in [1.29, 1.82) is 0 Å². The molecule has 1 fully saturated rings. The zero-order valence-electron chi connectivity index (χ0n) is 11.4. The molecule has 1 amide bonds. The van der Waals surface area contributed by atoms with Crippen molar-refractivity contribution in [2.75, 3.05) is 18.9 Å². The summed E-state index contributed by atoms with van der Waals surface area (Å²) in [5.74, 6) is 1.51. The molecule has 0 aromatic heterocycles. The van der Waals surface area contributed by atoms with E-state index in [1.807, 2.05) is 12.1 Å². The van der Waals surface area contributed by atoms with E-state index in [2.05, 4.69) is 24.4 Å². The first-order chi connectivity index (χ1) is 9.25. The monoisotopic (exact) mass is 279 g/mol. The third kappa shape index (κ3) is 4.88. The topological polar surface area (TPSA) is 38.3 Å². The van der Waals surface area contributed by atoms with E-state index in [1.54, 1.807) is 11.8 Å². The Kier molecular flexibility index (Phi) is 5.73. The van der Waals surface area contributed by atoms with Crippen LogP contribution in [0.3, 0.4) is 0 Å². The molecule has 0 saturated carbocycles. The van der Waals surface area contributed by atoms with E-state index >= 15 is 0 Å². The van der Waals surface area contributed by atoms with Gasteiger partial charge < -0.3 is 10.1 Å². The van der Waals surface area contributed by atoms with Crippen LogP contribution >= 0.6 is 11.8 Å². The number of hydrogen-bond acceptors (Lipinski definition) is 3. The average Bonchev–Trinajstić information content (AvgIpc) is 2.92. The van der Waals surface area contributed by atoms with Crippen molar-refractivity contribution < 1.29 is 9.53 Å². The van der Waals surface area contributed by atoms with E-state index < -0.39 is 0 Å². The minimum Gasteiger partial charge on any atom is -0.376 e. The quantitative estimate of drug-likeness (QED) is 0.869. The van der Waals surface area contributed by atoms with Gasteiger partial charge >= 0.3 is 0 Å². The SMILES string of the molecule is Cc1ccccc1CSCC(=O)NCC1CCCO1. The second-order valence-electron chi connectivity index (χ2n) is 4.86. The maximum atomic E-state index is 11.7. The summed E-state index contributed by atoms with van der Waals surface area (Å²) in [6.45, 7) is 3.60. The zero-order chi connectivity index (χ0) is 13.5. The lowest BCUT2D eigenvalue weighted by molar-refractivity contribution is -0.119. The second-order valence-corrected chi connectivity index (χ2v) is 5.84. The molecule has 0 spiro atoms. The number of carbonyl (C=O) groups is 1. The number of rotatable bonds is 6. The van der Waals surface area contributed by atoms with Crippen molar-refractivity contribution in [3.05, 3.63) is 35.4 Å². The Morgan fingerprint density at radius 3 is 3.05 bits per heavy atom. The van der Waals surface area contributed by atoms with Crippen LogP contribution in [-0.4, -0.2) is 30.9 Å². The molecule has 0 aliphatic carbocycles. The predicted molar refractivity (Wildman–Crippen MR) is 79.3 cm³/mol. The number of carbonyl (C=O) groups excluding carboxylic acids is 1. The van der Waals surface area contributed by atoms with Crippen molar-refractivity contribution in [2.24, 2.45) is 0 Å². The Bertz CT molecular complexity index is 416. The number of amides is 1. The van der Waals surface area contributed by atoms with Gasteiger partial charge in [0.1, 0.15) is 0 Å². The molecular formula is C15H21NO2S. The second kappa shape index (κ2) is 7.56. The third-order valence-electron chi connectivity index (χ3n) is 3.30. The minimum absolute atomic E-state index is 0.106. The van der Waals surface area contributed by atoms with Crippen LogP contribution < -0.4 is 5.32 Å². The van der Waals surface area contributed by atoms with Gasteiger partial charge in [-0.05, 0) is 30.9 Å². The molecule has 1 aliphatic heterocycles. The molecule has 1 heterocycles. The van der Waals surface area contributed by atoms with Gasteiger partial charge in [-0.1, -0.05) is 24.3 Å². The standard InChI is InChI=1S/C15H21NO2S/c1-12-5-2-3-6-13(12)10-19-11-15(17)16-9-14-7-4-8-18-14/h2-3,5-6,14H,4,7-11H2,1H3,(H,16,17). The Morgan fingerprint density at radius 2 is 2.32 bits per heavy atom. The van der Waals surface area contributed by atoms with Crippen LogP contribution in [0.4, 0.5) is 0 Å². The number of benzene rings is 1. The van der Waals surface area contributed by atoms with Crippen LogP contribution in [0.25, 0.3) is 0 Å². The number of aryl methyl sites for hydroxylation is 1. The summed E-state index contributed by atoms with van der Waals surface area (Å²) in [5, 5.41) is 2.94. The first-order valence-electron chi connectivity index (χ1n) is 6.76. The summed E-state index contributed by atoms with van der Waals surface area (Å²) >= 11 is 1.66. The van der Waals surface area contributed by atoms with Gasteiger partial charge in [0, 0.05) is 18.9 Å². The highest BCUT2D eigenvalue weighted by atomic mass is 32.2. The molecule has 1 aromatic carbocycles. The smallest absolute Gasteiger partial charge is 0.230 e. The molecule has 1 aliphatic rings. The maximum Gasteiger partial charge on any atom is 0.230 e. The lowest BCUT2D eigenvalue weighted by Crippen LogP contribution is -2.32. The van der Waals surface area contributed by atoms with Crippen molar-refractivity contribution in [3.8, 4) is 0 Å². The van der Waals surface area contributed by atoms with Crippen molar-refractivity contribution in [2.45, 2.75) is 31.6 Å². The van der Waals surface area contributed by atoms with Gasteiger partial charge in [-0.25, -0.2) is 0 Å². The van der Waals surface area contributed by atoms with Crippen LogP contribution in [0.1, 0.15) is 24.0 Å². The van der Waals surface area contributed by atoms with Gasteiger partial charge in [0.15, 0.2) is 0 Å². The maximum absolute atomic E-state index is 11.7. The molecule has 1 unspecified atom stereocenters. The molecule has 19 heavy (non-hydrogen) atoms. The van der Waals surface area contributed by atoms with Gasteiger partial charge in [-0.3, -0.25) is 4.79 Å². The molecule has 1 saturated heterocycles. The highest BCUT2D eigenvalue weighted by Crippen LogP contribution is 2.15. The van der Waals surface area contributed by atoms with Crippen LogP contribution in [0, 0.1) is 6.92 Å². The first kappa shape index (κ1) is 14.4. The summed E-state index contributed by atoms with van der Waals surface area (Å²) in [7, 11) is 0. The van der Waals surface area contributed by atoms with E-state index in [0.29, 0.717) is 12.3 Å².